The lowest BCUT2D eigenvalue weighted by Crippen LogP contribution is -2.30. The third-order valence-corrected chi connectivity index (χ3v) is 13.9. The Bertz CT molecular complexity index is 3380. The largest absolute Gasteiger partial charge is 0.334 e. The van der Waals surface area contributed by atoms with E-state index in [1.807, 2.05) is 0 Å². The Morgan fingerprint density at radius 1 is 0.413 bits per heavy atom. The van der Waals surface area contributed by atoms with E-state index in [-0.39, 0.29) is 11.5 Å². The van der Waals surface area contributed by atoms with Crippen LogP contribution < -0.4 is 4.90 Å². The Labute approximate surface area is 368 Å². The van der Waals surface area contributed by atoms with Gasteiger partial charge in [-0.2, -0.15) is 0 Å². The van der Waals surface area contributed by atoms with Crippen molar-refractivity contribution in [1.82, 2.24) is 4.57 Å². The molecule has 0 radical (unpaired) electrons. The fourth-order valence-corrected chi connectivity index (χ4v) is 11.3. The van der Waals surface area contributed by atoms with Crippen LogP contribution in [0.1, 0.15) is 34.2 Å². The van der Waals surface area contributed by atoms with Crippen molar-refractivity contribution in [3.05, 3.63) is 264 Å². The predicted octanol–water partition coefficient (Wildman–Crippen LogP) is 15.3. The molecule has 3 aliphatic rings. The summed E-state index contributed by atoms with van der Waals surface area (Å²) in [5.74, 6) is 0. The van der Waals surface area contributed by atoms with Crippen molar-refractivity contribution in [2.75, 3.05) is 4.90 Å². The van der Waals surface area contributed by atoms with Crippen LogP contribution >= 0.6 is 0 Å². The molecule has 10 aromatic rings. The summed E-state index contributed by atoms with van der Waals surface area (Å²) in [7, 11) is 0. The highest BCUT2D eigenvalue weighted by atomic mass is 15.2. The fourth-order valence-electron chi connectivity index (χ4n) is 11.3. The first-order chi connectivity index (χ1) is 31.3. The first-order valence-corrected chi connectivity index (χ1v) is 22.1. The van der Waals surface area contributed by atoms with Crippen LogP contribution in [0.4, 0.5) is 11.4 Å². The summed E-state index contributed by atoms with van der Waals surface area (Å²) in [5.41, 5.74) is 21.2. The maximum Gasteiger partial charge on any atom is 0.0725 e. The summed E-state index contributed by atoms with van der Waals surface area (Å²) in [5, 5.41) is 2.55. The van der Waals surface area contributed by atoms with E-state index in [1.54, 1.807) is 0 Å². The minimum absolute atomic E-state index is 0.109. The molecule has 2 heteroatoms. The van der Waals surface area contributed by atoms with Gasteiger partial charge in [0.2, 0.25) is 0 Å². The zero-order chi connectivity index (χ0) is 41.5. The van der Waals surface area contributed by atoms with Crippen LogP contribution in [0.15, 0.2) is 237 Å². The Balaban J connectivity index is 0.924. The van der Waals surface area contributed by atoms with Gasteiger partial charge in [0, 0.05) is 27.8 Å². The van der Waals surface area contributed by atoms with Gasteiger partial charge in [0.05, 0.1) is 22.5 Å². The average molecular weight is 803 g/mol. The molecule has 0 bridgehead atoms. The average Bonchev–Trinajstić information content (AvgIpc) is 3.97. The molecule has 9 aromatic carbocycles. The Kier molecular flexibility index (Phi) is 7.98. The van der Waals surface area contributed by atoms with Crippen LogP contribution in [0.3, 0.4) is 0 Å². The molecule has 1 aromatic heterocycles. The molecule has 0 amide bonds. The monoisotopic (exact) mass is 802 g/mol. The Hall–Kier alpha value is -7.94. The fraction of sp³-hybridized carbons (Fsp3) is 0.0492. The van der Waals surface area contributed by atoms with Gasteiger partial charge in [0.25, 0.3) is 0 Å². The van der Waals surface area contributed by atoms with E-state index in [0.717, 1.165) is 12.1 Å². The molecular formula is C61H42N2. The van der Waals surface area contributed by atoms with Crippen molar-refractivity contribution in [2.24, 2.45) is 0 Å². The summed E-state index contributed by atoms with van der Waals surface area (Å²) in [6.07, 6.45) is 7.99. The van der Waals surface area contributed by atoms with Crippen molar-refractivity contribution in [3.8, 4) is 39.1 Å². The van der Waals surface area contributed by atoms with E-state index >= 15 is 0 Å². The lowest BCUT2D eigenvalue weighted by atomic mass is 9.70. The van der Waals surface area contributed by atoms with Crippen molar-refractivity contribution in [1.29, 1.82) is 0 Å². The first kappa shape index (κ1) is 35.8. The zero-order valence-electron chi connectivity index (χ0n) is 34.7. The van der Waals surface area contributed by atoms with Crippen LogP contribution in [-0.4, -0.2) is 10.6 Å². The predicted molar refractivity (Wildman–Crippen MR) is 263 cm³/mol. The van der Waals surface area contributed by atoms with E-state index < -0.39 is 0 Å². The number of nitrogens with zero attached hydrogens (tertiary/aromatic N) is 2. The summed E-state index contributed by atoms with van der Waals surface area (Å²) < 4.78 is 2.38. The van der Waals surface area contributed by atoms with Gasteiger partial charge in [-0.25, -0.2) is 0 Å². The van der Waals surface area contributed by atoms with Crippen molar-refractivity contribution >= 4 is 38.8 Å². The van der Waals surface area contributed by atoms with E-state index in [2.05, 4.69) is 246 Å². The summed E-state index contributed by atoms with van der Waals surface area (Å²) in [6, 6.07) is 81.1. The molecule has 1 atom stereocenters. The second-order valence-corrected chi connectivity index (χ2v) is 17.1. The molecule has 1 heterocycles. The molecule has 2 nitrogen and oxygen atoms in total. The molecule has 3 aliphatic carbocycles. The maximum absolute atomic E-state index is 2.56. The Morgan fingerprint density at radius 2 is 0.905 bits per heavy atom. The van der Waals surface area contributed by atoms with E-state index in [1.165, 1.54) is 100.0 Å². The van der Waals surface area contributed by atoms with Gasteiger partial charge in [-0.1, -0.05) is 188 Å². The summed E-state index contributed by atoms with van der Waals surface area (Å²) >= 11 is 0. The van der Waals surface area contributed by atoms with Gasteiger partial charge in [0.1, 0.15) is 0 Å². The maximum atomic E-state index is 2.56. The molecule has 0 fully saturated rings. The highest BCUT2D eigenvalue weighted by molar-refractivity contribution is 6.09. The lowest BCUT2D eigenvalue weighted by molar-refractivity contribution is 0.782. The van der Waals surface area contributed by atoms with Gasteiger partial charge < -0.3 is 9.47 Å². The minimum Gasteiger partial charge on any atom is -0.334 e. The zero-order valence-corrected chi connectivity index (χ0v) is 34.7. The highest BCUT2D eigenvalue weighted by Gasteiger charge is 2.51. The first-order valence-electron chi connectivity index (χ1n) is 22.1. The number of allylic oxidation sites excluding steroid dienone is 2. The van der Waals surface area contributed by atoms with E-state index in [0.29, 0.717) is 0 Å². The topological polar surface area (TPSA) is 8.17 Å². The molecule has 0 saturated heterocycles. The van der Waals surface area contributed by atoms with Gasteiger partial charge >= 0.3 is 0 Å². The van der Waals surface area contributed by atoms with Gasteiger partial charge in [-0.15, -0.1) is 0 Å². The smallest absolute Gasteiger partial charge is 0.0725 e. The number of aromatic nitrogens is 1. The standard InChI is InChI=1S/C61H42N2/c1-2-15-41(16-3-1)44-17-14-18-47(39-44)62(45-33-29-42(30-34-45)43-31-35-46(36-32-43)63-59-27-12-7-22-52(59)53-23-8-13-28-60(53)63)48-37-38-58-54(40-48)51-21-6-11-26-57(51)61(58)55-24-9-4-19-49(55)50-20-5-10-25-56(50)61/h1-17,19-40,47H,18H2. The number of hydrogen-bond acceptors (Lipinski definition) is 1. The minimum atomic E-state index is -0.366. The number of benzene rings is 9. The second kappa shape index (κ2) is 14.1. The molecular weight excluding hydrogens is 761 g/mol. The highest BCUT2D eigenvalue weighted by Crippen LogP contribution is 2.63. The van der Waals surface area contributed by atoms with Gasteiger partial charge in [-0.3, -0.25) is 0 Å². The molecule has 296 valence electrons. The normalized spacial score (nSPS) is 15.2. The number of rotatable bonds is 6. The van der Waals surface area contributed by atoms with Gasteiger partial charge in [0.15, 0.2) is 0 Å². The summed E-state index contributed by atoms with van der Waals surface area (Å²) in [4.78, 5) is 2.56. The number of anilines is 2. The van der Waals surface area contributed by atoms with Crippen LogP contribution in [0, 0.1) is 0 Å². The third-order valence-electron chi connectivity index (χ3n) is 13.9. The molecule has 13 rings (SSSR count). The molecule has 0 saturated carbocycles. The van der Waals surface area contributed by atoms with Crippen LogP contribution in [0.5, 0.6) is 0 Å². The SMILES string of the molecule is C1=CC(c2ccccc2)=CC(N(c2ccc(-c3ccc(-n4c5ccccc5c5ccccc54)cc3)cc2)c2ccc3c(c2)-c2ccccc2C32c3ccccc3-c3ccccc32)C1. The number of hydrogen-bond donors (Lipinski definition) is 0. The Morgan fingerprint density at radius 3 is 1.52 bits per heavy atom. The summed E-state index contributed by atoms with van der Waals surface area (Å²) in [6.45, 7) is 0. The van der Waals surface area contributed by atoms with Crippen LogP contribution in [-0.2, 0) is 5.41 Å². The van der Waals surface area contributed by atoms with Crippen molar-refractivity contribution < 1.29 is 0 Å². The van der Waals surface area contributed by atoms with Gasteiger partial charge in [-0.05, 0) is 122 Å². The van der Waals surface area contributed by atoms with Crippen molar-refractivity contribution in [3.63, 3.8) is 0 Å². The number of fused-ring (bicyclic) bond motifs is 13. The van der Waals surface area contributed by atoms with Crippen LogP contribution in [0.25, 0.3) is 66.4 Å². The van der Waals surface area contributed by atoms with E-state index in [4.69, 9.17) is 0 Å². The lowest BCUT2D eigenvalue weighted by Gasteiger charge is -2.35. The second-order valence-electron chi connectivity index (χ2n) is 17.1. The quantitative estimate of drug-likeness (QED) is 0.163. The molecule has 63 heavy (non-hydrogen) atoms. The molecule has 1 unspecified atom stereocenters. The van der Waals surface area contributed by atoms with Crippen molar-refractivity contribution in [2.45, 2.75) is 17.9 Å². The molecule has 1 spiro atoms. The third kappa shape index (κ3) is 5.31. The molecule has 0 N–H and O–H groups in total. The van der Waals surface area contributed by atoms with E-state index in [9.17, 15) is 0 Å². The number of para-hydroxylation sites is 2. The van der Waals surface area contributed by atoms with Crippen LogP contribution in [0.2, 0.25) is 0 Å². The molecule has 0 aliphatic heterocycles.